The number of nitrogens with zero attached hydrogens (tertiary/aromatic N) is 3. The van der Waals surface area contributed by atoms with Crippen LogP contribution in [0.2, 0.25) is 0 Å². The minimum atomic E-state index is -4.64. The fraction of sp³-hybridized carbons (Fsp3) is 0.382. The van der Waals surface area contributed by atoms with Crippen molar-refractivity contribution in [2.45, 2.75) is 209 Å². The second kappa shape index (κ2) is 58.0. The largest absolute Gasteiger partial charge is 0.480 e. The number of carbonyl (C=O) groups excluding carboxylic acids is 8. The monoisotopic (exact) mass is 1900 g/mol. The minimum Gasteiger partial charge on any atom is -0.480 e. The van der Waals surface area contributed by atoms with E-state index in [4.69, 9.17) is 58.9 Å². The van der Waals surface area contributed by atoms with E-state index in [9.17, 15) is 76.1 Å². The summed E-state index contributed by atoms with van der Waals surface area (Å²) in [6.45, 7) is 26.5. The van der Waals surface area contributed by atoms with Gasteiger partial charge in [-0.1, -0.05) is 243 Å². The van der Waals surface area contributed by atoms with Crippen LogP contribution in [-0.4, -0.2) is 165 Å². The van der Waals surface area contributed by atoms with Crippen molar-refractivity contribution in [3.05, 3.63) is 287 Å². The van der Waals surface area contributed by atoms with Gasteiger partial charge in [0.25, 0.3) is 0 Å². The van der Waals surface area contributed by atoms with Crippen LogP contribution in [0, 0.1) is 21.7 Å². The van der Waals surface area contributed by atoms with Crippen LogP contribution < -0.4 is 61.0 Å². The number of halogens is 3. The Hall–Kier alpha value is -14.5. The van der Waals surface area contributed by atoms with E-state index in [-0.39, 0.29) is 37.0 Å². The highest BCUT2D eigenvalue weighted by Crippen LogP contribution is 2.30. The molecule has 8 aromatic carbocycles. The molecule has 0 aliphatic rings. The quantitative estimate of drug-likeness (QED) is 0.00433. The number of ether oxygens (including phenoxy) is 2. The Morgan fingerprint density at radius 1 is 0.336 bits per heavy atom. The number of carboxylic acid groups (broad SMARTS) is 4. The topological polar surface area (TPSA) is 558 Å². The summed E-state index contributed by atoms with van der Waals surface area (Å²) < 4.78 is 41.9. The molecule has 32 nitrogen and oxygen atoms in total. The minimum absolute atomic E-state index is 0.0163. The van der Waals surface area contributed by atoms with Crippen LogP contribution in [0.1, 0.15) is 218 Å². The van der Waals surface area contributed by atoms with Gasteiger partial charge in [0.2, 0.25) is 35.8 Å². The van der Waals surface area contributed by atoms with Gasteiger partial charge in [0.1, 0.15) is 45.6 Å². The SMILES string of the molecule is CC(C)(C(=O)NC(c1ccccc1)c1ccccc1)C(=O)N[C@@H](CCCN=C(N)N)C(=O)O.CC(C)(C(=O)O)C(=O)NC(c1ccccc1)c1ccccc1.CC(C)(C(=O)O)C(=O)O.CC(N)=NCCC[C@H](N)C(=O)OC(C)(C)C.CC(N)=NCCC[C@H](NC(=O)C(C)(C)C(=O)NC(c1ccccc1)c1ccccc1)C(=O)OC(C)(C)C.NC(c1ccccc1)c1ccccc1.O=CC(F)(F)F. The van der Waals surface area contributed by atoms with Gasteiger partial charge in [0.05, 0.1) is 35.8 Å². The summed E-state index contributed by atoms with van der Waals surface area (Å²) in [5.74, 6) is -7.77. The van der Waals surface area contributed by atoms with E-state index in [2.05, 4.69) is 65.8 Å². The second-order valence-electron chi connectivity index (χ2n) is 35.4. The molecule has 0 heterocycles. The molecule has 8 rings (SSSR count). The molecule has 0 bridgehead atoms. The fourth-order valence-corrected chi connectivity index (χ4v) is 11.5. The first kappa shape index (κ1) is 119. The Bertz CT molecular complexity index is 5000. The van der Waals surface area contributed by atoms with E-state index < -0.39 is 135 Å². The van der Waals surface area contributed by atoms with Crippen LogP contribution in [-0.2, 0) is 67.0 Å². The van der Waals surface area contributed by atoms with E-state index >= 15 is 0 Å². The van der Waals surface area contributed by atoms with Gasteiger partial charge >= 0.3 is 42.0 Å². The Balaban J connectivity index is 0.000000577. The average molecular weight is 1900 g/mol. The van der Waals surface area contributed by atoms with Crippen LogP contribution in [0.4, 0.5) is 13.2 Å². The van der Waals surface area contributed by atoms with Crippen molar-refractivity contribution in [3.63, 3.8) is 0 Å². The number of aldehydes is 1. The highest BCUT2D eigenvalue weighted by Gasteiger charge is 2.43. The maximum absolute atomic E-state index is 13.5. The number of hydrogen-bond donors (Lipinski definition) is 15. The molecular formula is C102H135F3N14O18. The lowest BCUT2D eigenvalue weighted by atomic mass is 9.88. The van der Waals surface area contributed by atoms with Gasteiger partial charge in [0, 0.05) is 19.6 Å². The average Bonchev–Trinajstić information content (AvgIpc) is 0.817. The van der Waals surface area contributed by atoms with Crippen molar-refractivity contribution in [3.8, 4) is 0 Å². The molecule has 8 aromatic rings. The summed E-state index contributed by atoms with van der Waals surface area (Å²) in [5.41, 5.74) is 33.6. The van der Waals surface area contributed by atoms with Gasteiger partial charge < -0.3 is 90.9 Å². The van der Waals surface area contributed by atoms with Crippen LogP contribution >= 0.6 is 0 Å². The van der Waals surface area contributed by atoms with Crippen LogP contribution in [0.25, 0.3) is 0 Å². The maximum Gasteiger partial charge on any atom is 0.446 e. The van der Waals surface area contributed by atoms with Gasteiger partial charge in [-0.15, -0.1) is 0 Å². The molecule has 0 aromatic heterocycles. The smallest absolute Gasteiger partial charge is 0.446 e. The van der Waals surface area contributed by atoms with Gasteiger partial charge in [-0.3, -0.25) is 62.9 Å². The Morgan fingerprint density at radius 3 is 0.796 bits per heavy atom. The highest BCUT2D eigenvalue weighted by molar-refractivity contribution is 6.06. The molecular weight excluding hydrogens is 1770 g/mol. The van der Waals surface area contributed by atoms with Gasteiger partial charge in [0.15, 0.2) is 11.4 Å². The predicted octanol–water partition coefficient (Wildman–Crippen LogP) is 12.9. The molecule has 0 saturated carbocycles. The summed E-state index contributed by atoms with van der Waals surface area (Å²) >= 11 is 0. The number of amidine groups is 2. The normalized spacial score (nSPS) is 12.2. The molecule has 0 spiro atoms. The maximum atomic E-state index is 13.5. The lowest BCUT2D eigenvalue weighted by molar-refractivity contribution is -0.162. The van der Waals surface area contributed by atoms with Crippen molar-refractivity contribution in [1.29, 1.82) is 0 Å². The number of guanidine groups is 1. The molecule has 0 aliphatic heterocycles. The predicted molar refractivity (Wildman–Crippen MR) is 522 cm³/mol. The third-order valence-electron chi connectivity index (χ3n) is 19.8. The number of alkyl halides is 3. The standard InChI is InChI=1S/C29H40N4O4.C24H31N5O4.C18H19NO3.C13H13N.C11H23N3O2.C5H8O4.C2HF3O/c1-20(30)31-19-13-18-23(25(34)37-28(2,3)4)32-26(35)29(5,6)27(36)33-24(21-14-9-7-10-15-21)22-16-11-8-12-17-22;1-24(2,21(32)28-18(20(30)31)14-9-15-27-23(25)26)22(33)29-19(16-10-5-3-6-11-16)17-12-7-4-8-13-17;1-18(2,17(21)22)16(20)19-15(13-9-5-3-6-10-13)14-11-7-4-8-12-14;14-13(11-7-3-1-4-8-11)12-9-5-2-6-10-12;1-8(12)14-7-5-6-9(13)10(15)16-11(2,3)4;1-5(2,3(6)7)4(8)9;3-2(4,5)1-6/h7-12,14-17,23-24H,13,18-19H2,1-6H3,(H2,30,31)(H,32,35)(H,33,36);3-8,10-13,18-19H,9,14-15H2,1-2H3,(H,28,32)(H,29,33)(H,30,31)(H4,25,26,27);3-12,15H,1-2H3,(H,19,20)(H,21,22);1-10,13H,14H2;9H,5-7,13H2,1-4H3,(H2,12,14);1-2H3,(H,6,7)(H,8,9);1H/t23-;18-;;;9-;;/m00..0../s1. The number of amides is 5. The third-order valence-corrected chi connectivity index (χ3v) is 19.8. The summed E-state index contributed by atoms with van der Waals surface area (Å²) in [6, 6.07) is 73.2. The Kier molecular flexibility index (Phi) is 50.2. The number of esters is 2. The number of aliphatic imine (C=N–C) groups is 3. The van der Waals surface area contributed by atoms with Crippen LogP contribution in [0.5, 0.6) is 0 Å². The molecule has 137 heavy (non-hydrogen) atoms. The first-order chi connectivity index (χ1) is 63.9. The molecule has 0 saturated heterocycles. The van der Waals surface area contributed by atoms with E-state index in [1.807, 2.05) is 239 Å². The zero-order chi connectivity index (χ0) is 104. The van der Waals surface area contributed by atoms with E-state index in [1.54, 1.807) is 48.5 Å². The van der Waals surface area contributed by atoms with Crippen molar-refractivity contribution >= 4 is 89.3 Å². The Labute approximate surface area is 799 Å². The summed E-state index contributed by atoms with van der Waals surface area (Å²) in [4.78, 5) is 153. The lowest BCUT2D eigenvalue weighted by Crippen LogP contribution is -2.53. The van der Waals surface area contributed by atoms with Crippen LogP contribution in [0.3, 0.4) is 0 Å². The third kappa shape index (κ3) is 45.4. The molecule has 0 fully saturated rings. The fourth-order valence-electron chi connectivity index (χ4n) is 11.5. The number of aliphatic carboxylic acids is 4. The molecule has 0 aliphatic carbocycles. The number of hydrogen-bond acceptors (Lipinski definition) is 19. The number of carbonyl (C=O) groups is 12. The molecule has 0 unspecified atom stereocenters. The van der Waals surface area contributed by atoms with Crippen molar-refractivity contribution in [2.75, 3.05) is 19.6 Å². The summed E-state index contributed by atoms with van der Waals surface area (Å²) in [7, 11) is 0. The molecule has 742 valence electrons. The van der Waals surface area contributed by atoms with Gasteiger partial charge in [-0.2, -0.15) is 13.2 Å². The zero-order valence-electron chi connectivity index (χ0n) is 80.5. The Morgan fingerprint density at radius 2 is 0.562 bits per heavy atom. The number of nitrogens with two attached hydrogens (primary N) is 6. The lowest BCUT2D eigenvalue weighted by Gasteiger charge is -2.30. The number of nitrogens with one attached hydrogen (secondary N) is 5. The van der Waals surface area contributed by atoms with E-state index in [1.165, 1.54) is 27.7 Å². The first-order valence-corrected chi connectivity index (χ1v) is 43.9. The van der Waals surface area contributed by atoms with Crippen molar-refractivity contribution < 1.29 is 101 Å². The molecule has 5 amide bonds. The van der Waals surface area contributed by atoms with E-state index in [0.29, 0.717) is 50.4 Å². The highest BCUT2D eigenvalue weighted by atomic mass is 19.4. The number of rotatable bonds is 36. The second-order valence-corrected chi connectivity index (χ2v) is 35.4. The first-order valence-electron chi connectivity index (χ1n) is 43.9. The van der Waals surface area contributed by atoms with E-state index in [0.717, 1.165) is 64.8 Å². The number of carboxylic acids is 4. The van der Waals surface area contributed by atoms with Crippen LogP contribution in [0.15, 0.2) is 258 Å². The van der Waals surface area contributed by atoms with Crippen molar-refractivity contribution in [2.24, 2.45) is 71.0 Å². The molecule has 35 heteroatoms. The molecule has 0 radical (unpaired) electrons. The van der Waals surface area contributed by atoms with Crippen molar-refractivity contribution in [1.82, 2.24) is 26.6 Å². The zero-order valence-corrected chi connectivity index (χ0v) is 80.5. The van der Waals surface area contributed by atoms with Gasteiger partial charge in [-0.05, 0) is 194 Å². The van der Waals surface area contributed by atoms with Gasteiger partial charge in [-0.25, -0.2) is 9.59 Å². The summed E-state index contributed by atoms with van der Waals surface area (Å²) in [6.07, 6.45) is -3.13. The molecule has 21 N–H and O–H groups in total. The number of benzene rings is 8. The molecule has 3 atom stereocenters. The summed E-state index contributed by atoms with van der Waals surface area (Å²) in [5, 5.41) is 49.2.